The van der Waals surface area contributed by atoms with Crippen LogP contribution in [0.2, 0.25) is 0 Å². The van der Waals surface area contributed by atoms with E-state index < -0.39 is 18.7 Å². The van der Waals surface area contributed by atoms with Gasteiger partial charge in [-0.25, -0.2) is 0 Å². The fourth-order valence-corrected chi connectivity index (χ4v) is 1.92. The second kappa shape index (κ2) is 13.3. The van der Waals surface area contributed by atoms with E-state index in [1.165, 1.54) is 19.3 Å². The Kier molecular flexibility index (Phi) is 12.9. The first kappa shape index (κ1) is 19.4. The van der Waals surface area contributed by atoms with Crippen LogP contribution in [-0.2, 0) is 9.53 Å². The van der Waals surface area contributed by atoms with Crippen molar-refractivity contribution in [1.82, 2.24) is 0 Å². The fourth-order valence-electron chi connectivity index (χ4n) is 1.92. The molecule has 0 aliphatic rings. The standard InChI is InChI=1S/C15H30O5/c1-2-3-4-5-6-8-13(17)9-7-10-15(19)20-12-14(18)11-16/h13-14,16-18H,2-12H2,1H3. The highest BCUT2D eigenvalue weighted by Gasteiger charge is 2.09. The smallest absolute Gasteiger partial charge is 0.305 e. The van der Waals surface area contributed by atoms with Crippen molar-refractivity contribution in [3.63, 3.8) is 0 Å². The lowest BCUT2D eigenvalue weighted by Gasteiger charge is -2.11. The molecular formula is C15H30O5. The van der Waals surface area contributed by atoms with Gasteiger partial charge in [-0.05, 0) is 19.3 Å². The summed E-state index contributed by atoms with van der Waals surface area (Å²) in [5.74, 6) is -0.396. The van der Waals surface area contributed by atoms with E-state index in [1.54, 1.807) is 0 Å². The minimum Gasteiger partial charge on any atom is -0.463 e. The normalized spacial score (nSPS) is 14.0. The van der Waals surface area contributed by atoms with Crippen LogP contribution in [0, 0.1) is 0 Å². The monoisotopic (exact) mass is 290 g/mol. The van der Waals surface area contributed by atoms with Gasteiger partial charge in [-0.1, -0.05) is 39.0 Å². The lowest BCUT2D eigenvalue weighted by Crippen LogP contribution is -2.22. The molecule has 0 aromatic carbocycles. The molecular weight excluding hydrogens is 260 g/mol. The van der Waals surface area contributed by atoms with Gasteiger partial charge >= 0.3 is 5.97 Å². The summed E-state index contributed by atoms with van der Waals surface area (Å²) in [7, 11) is 0. The maximum absolute atomic E-state index is 11.3. The molecule has 5 nitrogen and oxygen atoms in total. The van der Waals surface area contributed by atoms with Crippen molar-refractivity contribution in [2.75, 3.05) is 13.2 Å². The van der Waals surface area contributed by atoms with E-state index in [9.17, 15) is 9.90 Å². The molecule has 3 N–H and O–H groups in total. The number of esters is 1. The van der Waals surface area contributed by atoms with Gasteiger partial charge < -0.3 is 20.1 Å². The van der Waals surface area contributed by atoms with Crippen molar-refractivity contribution in [1.29, 1.82) is 0 Å². The Morgan fingerprint density at radius 2 is 1.65 bits per heavy atom. The number of carbonyl (C=O) groups excluding carboxylic acids is 1. The largest absolute Gasteiger partial charge is 0.463 e. The van der Waals surface area contributed by atoms with Crippen LogP contribution in [0.15, 0.2) is 0 Å². The summed E-state index contributed by atoms with van der Waals surface area (Å²) in [5, 5.41) is 27.3. The average molecular weight is 290 g/mol. The molecule has 120 valence electrons. The first-order chi connectivity index (χ1) is 9.60. The summed E-state index contributed by atoms with van der Waals surface area (Å²) in [6.45, 7) is 1.59. The molecule has 0 aliphatic carbocycles. The average Bonchev–Trinajstić information content (AvgIpc) is 2.44. The van der Waals surface area contributed by atoms with E-state index >= 15 is 0 Å². The first-order valence-electron chi connectivity index (χ1n) is 7.72. The van der Waals surface area contributed by atoms with Crippen LogP contribution in [0.4, 0.5) is 0 Å². The molecule has 5 heteroatoms. The van der Waals surface area contributed by atoms with Crippen LogP contribution in [0.5, 0.6) is 0 Å². The number of aliphatic hydroxyl groups is 3. The molecule has 0 aromatic rings. The van der Waals surface area contributed by atoms with Gasteiger partial charge in [0.25, 0.3) is 0 Å². The highest BCUT2D eigenvalue weighted by molar-refractivity contribution is 5.69. The molecule has 0 radical (unpaired) electrons. The topological polar surface area (TPSA) is 87.0 Å². The van der Waals surface area contributed by atoms with Crippen LogP contribution >= 0.6 is 0 Å². The summed E-state index contributed by atoms with van der Waals surface area (Å²) < 4.78 is 4.77. The fraction of sp³-hybridized carbons (Fsp3) is 0.933. The summed E-state index contributed by atoms with van der Waals surface area (Å²) in [6, 6.07) is 0. The maximum Gasteiger partial charge on any atom is 0.305 e. The first-order valence-corrected chi connectivity index (χ1v) is 7.72. The van der Waals surface area contributed by atoms with Crippen molar-refractivity contribution >= 4 is 5.97 Å². The maximum atomic E-state index is 11.3. The van der Waals surface area contributed by atoms with Gasteiger partial charge in [0.05, 0.1) is 12.7 Å². The van der Waals surface area contributed by atoms with Crippen LogP contribution in [-0.4, -0.2) is 46.7 Å². The molecule has 0 saturated carbocycles. The van der Waals surface area contributed by atoms with Gasteiger partial charge in [0.2, 0.25) is 0 Å². The zero-order valence-electron chi connectivity index (χ0n) is 12.6. The molecule has 2 unspecified atom stereocenters. The number of aliphatic hydroxyl groups excluding tert-OH is 3. The molecule has 0 bridgehead atoms. The third-order valence-corrected chi connectivity index (χ3v) is 3.21. The number of unbranched alkanes of at least 4 members (excludes halogenated alkanes) is 4. The molecule has 0 rings (SSSR count). The SMILES string of the molecule is CCCCCCCC(O)CCCC(=O)OCC(O)CO. The summed E-state index contributed by atoms with van der Waals surface area (Å²) in [6.07, 6.45) is 6.77. The molecule has 0 heterocycles. The second-order valence-corrected chi connectivity index (χ2v) is 5.27. The summed E-state index contributed by atoms with van der Waals surface area (Å²) in [4.78, 5) is 11.3. The van der Waals surface area contributed by atoms with Gasteiger partial charge in [-0.3, -0.25) is 4.79 Å². The van der Waals surface area contributed by atoms with Crippen molar-refractivity contribution in [2.24, 2.45) is 0 Å². The van der Waals surface area contributed by atoms with Gasteiger partial charge in [0.15, 0.2) is 0 Å². The van der Waals surface area contributed by atoms with E-state index in [0.29, 0.717) is 12.8 Å². The van der Waals surface area contributed by atoms with Crippen molar-refractivity contribution in [3.8, 4) is 0 Å². The van der Waals surface area contributed by atoms with E-state index in [1.807, 2.05) is 0 Å². The third kappa shape index (κ3) is 12.4. The van der Waals surface area contributed by atoms with Crippen molar-refractivity contribution in [2.45, 2.75) is 76.9 Å². The zero-order valence-corrected chi connectivity index (χ0v) is 12.6. The molecule has 0 aliphatic heterocycles. The van der Waals surface area contributed by atoms with E-state index in [4.69, 9.17) is 14.9 Å². The van der Waals surface area contributed by atoms with Crippen LogP contribution in [0.3, 0.4) is 0 Å². The third-order valence-electron chi connectivity index (χ3n) is 3.21. The predicted molar refractivity (Wildman–Crippen MR) is 77.3 cm³/mol. The lowest BCUT2D eigenvalue weighted by atomic mass is 10.0. The molecule has 2 atom stereocenters. The zero-order chi connectivity index (χ0) is 15.2. The van der Waals surface area contributed by atoms with Crippen LogP contribution < -0.4 is 0 Å². The van der Waals surface area contributed by atoms with Crippen LogP contribution in [0.1, 0.15) is 64.7 Å². The Morgan fingerprint density at radius 3 is 2.30 bits per heavy atom. The predicted octanol–water partition coefficient (Wildman–Crippen LogP) is 1.77. The van der Waals surface area contributed by atoms with E-state index in [0.717, 1.165) is 19.3 Å². The number of hydrogen-bond acceptors (Lipinski definition) is 5. The number of ether oxygens (including phenoxy) is 1. The molecule has 0 amide bonds. The highest BCUT2D eigenvalue weighted by atomic mass is 16.5. The summed E-state index contributed by atoms with van der Waals surface area (Å²) in [5.41, 5.74) is 0. The van der Waals surface area contributed by atoms with Gasteiger partial charge in [-0.2, -0.15) is 0 Å². The molecule has 0 fully saturated rings. The quantitative estimate of drug-likeness (QED) is 0.355. The summed E-state index contributed by atoms with van der Waals surface area (Å²) >= 11 is 0. The van der Waals surface area contributed by atoms with Crippen molar-refractivity contribution < 1.29 is 24.9 Å². The Balaban J connectivity index is 3.41. The van der Waals surface area contributed by atoms with Crippen LogP contribution in [0.25, 0.3) is 0 Å². The molecule has 0 aromatic heterocycles. The Hall–Kier alpha value is -0.650. The minimum absolute atomic E-state index is 0.171. The van der Waals surface area contributed by atoms with Gasteiger partial charge in [-0.15, -0.1) is 0 Å². The Labute approximate surface area is 122 Å². The highest BCUT2D eigenvalue weighted by Crippen LogP contribution is 2.11. The number of hydrogen-bond donors (Lipinski definition) is 3. The number of rotatable bonds is 13. The number of carbonyl (C=O) groups is 1. The van der Waals surface area contributed by atoms with Crippen molar-refractivity contribution in [3.05, 3.63) is 0 Å². The Bertz CT molecular complexity index is 232. The second-order valence-electron chi connectivity index (χ2n) is 5.27. The molecule has 0 spiro atoms. The van der Waals surface area contributed by atoms with E-state index in [2.05, 4.69) is 6.92 Å². The van der Waals surface area contributed by atoms with E-state index in [-0.39, 0.29) is 19.1 Å². The van der Waals surface area contributed by atoms with Gasteiger partial charge in [0.1, 0.15) is 12.7 Å². The minimum atomic E-state index is -1.01. The Morgan fingerprint density at radius 1 is 1.00 bits per heavy atom. The van der Waals surface area contributed by atoms with Gasteiger partial charge in [0, 0.05) is 6.42 Å². The lowest BCUT2D eigenvalue weighted by molar-refractivity contribution is -0.147. The molecule has 0 saturated heterocycles. The molecule has 20 heavy (non-hydrogen) atoms.